The van der Waals surface area contributed by atoms with Gasteiger partial charge in [-0.05, 0) is 37.0 Å². The third kappa shape index (κ3) is 4.19. The molecule has 3 nitrogen and oxygen atoms in total. The Bertz CT molecular complexity index is 374. The van der Waals surface area contributed by atoms with Crippen molar-refractivity contribution in [3.63, 3.8) is 0 Å². The zero-order chi connectivity index (χ0) is 12.7. The number of ether oxygens (including phenoxy) is 1. The summed E-state index contributed by atoms with van der Waals surface area (Å²) in [6.45, 7) is 4.24. The van der Waals surface area contributed by atoms with Crippen molar-refractivity contribution in [1.29, 1.82) is 5.41 Å². The molecule has 0 aliphatic rings. The van der Waals surface area contributed by atoms with E-state index in [1.165, 1.54) is 0 Å². The maximum Gasteiger partial charge on any atom is 0.123 e. The fourth-order valence-corrected chi connectivity index (χ4v) is 1.65. The van der Waals surface area contributed by atoms with Crippen molar-refractivity contribution in [2.75, 3.05) is 13.2 Å². The predicted octanol–water partition coefficient (Wildman–Crippen LogP) is 2.79. The van der Waals surface area contributed by atoms with Crippen LogP contribution in [0.15, 0.2) is 18.2 Å². The number of aliphatic hydroxyl groups excluding tert-OH is 1. The second-order valence-corrected chi connectivity index (χ2v) is 4.12. The molecule has 0 spiro atoms. The summed E-state index contributed by atoms with van der Waals surface area (Å²) < 4.78 is 5.53. The molecule has 1 aromatic carbocycles. The highest BCUT2D eigenvalue weighted by Gasteiger charge is 2.06. The minimum absolute atomic E-state index is 0.0149. The Morgan fingerprint density at radius 1 is 1.41 bits per heavy atom. The van der Waals surface area contributed by atoms with E-state index in [2.05, 4.69) is 6.92 Å². The Kier molecular flexibility index (Phi) is 5.70. The smallest absolute Gasteiger partial charge is 0.123 e. The number of aliphatic hydroxyl groups is 1. The van der Waals surface area contributed by atoms with Crippen LogP contribution in [0, 0.1) is 5.41 Å². The number of benzene rings is 1. The Morgan fingerprint density at radius 3 is 2.76 bits per heavy atom. The topological polar surface area (TPSA) is 53.3 Å². The van der Waals surface area contributed by atoms with Gasteiger partial charge in [-0.15, -0.1) is 0 Å². The lowest BCUT2D eigenvalue weighted by Crippen LogP contribution is -2.05. The first-order valence-electron chi connectivity index (χ1n) is 6.11. The summed E-state index contributed by atoms with van der Waals surface area (Å²) in [4.78, 5) is 0. The molecular weight excluding hydrogens is 214 g/mol. The molecule has 3 heteroatoms. The highest BCUT2D eigenvalue weighted by Crippen LogP contribution is 2.22. The second-order valence-electron chi connectivity index (χ2n) is 4.12. The molecule has 0 unspecified atom stereocenters. The monoisotopic (exact) mass is 235 g/mol. The van der Waals surface area contributed by atoms with E-state index < -0.39 is 0 Å². The number of rotatable bonds is 7. The first-order valence-corrected chi connectivity index (χ1v) is 6.11. The van der Waals surface area contributed by atoms with Crippen LogP contribution in [0.3, 0.4) is 0 Å². The van der Waals surface area contributed by atoms with Crippen molar-refractivity contribution in [2.24, 2.45) is 0 Å². The van der Waals surface area contributed by atoms with Gasteiger partial charge in [0.15, 0.2) is 0 Å². The highest BCUT2D eigenvalue weighted by molar-refractivity contribution is 5.96. The largest absolute Gasteiger partial charge is 0.491 e. The molecule has 2 N–H and O–H groups in total. The van der Waals surface area contributed by atoms with Gasteiger partial charge in [-0.1, -0.05) is 25.5 Å². The molecule has 0 bridgehead atoms. The average Bonchev–Trinajstić information content (AvgIpc) is 2.34. The van der Waals surface area contributed by atoms with Crippen molar-refractivity contribution in [1.82, 2.24) is 0 Å². The predicted molar refractivity (Wildman–Crippen MR) is 70.1 cm³/mol. The van der Waals surface area contributed by atoms with Gasteiger partial charge in [0.1, 0.15) is 12.4 Å². The van der Waals surface area contributed by atoms with E-state index in [0.29, 0.717) is 12.3 Å². The van der Waals surface area contributed by atoms with Crippen molar-refractivity contribution in [3.8, 4) is 5.75 Å². The van der Waals surface area contributed by atoms with Crippen molar-refractivity contribution >= 4 is 5.71 Å². The first-order chi connectivity index (χ1) is 8.19. The van der Waals surface area contributed by atoms with Gasteiger partial charge in [0, 0.05) is 5.71 Å². The molecule has 94 valence electrons. The third-order valence-corrected chi connectivity index (χ3v) is 2.65. The summed E-state index contributed by atoms with van der Waals surface area (Å²) >= 11 is 0. The molecule has 0 heterocycles. The number of unbranched alkanes of at least 4 members (excludes halogenated alkanes) is 1. The molecular formula is C14H21NO2. The molecule has 1 rings (SSSR count). The van der Waals surface area contributed by atoms with E-state index in [9.17, 15) is 0 Å². The van der Waals surface area contributed by atoms with Crippen LogP contribution in [0.25, 0.3) is 0 Å². The molecule has 0 radical (unpaired) electrons. The lowest BCUT2D eigenvalue weighted by molar-refractivity contribution is 0.200. The van der Waals surface area contributed by atoms with Gasteiger partial charge in [0.2, 0.25) is 0 Å². The zero-order valence-electron chi connectivity index (χ0n) is 10.6. The van der Waals surface area contributed by atoms with E-state index >= 15 is 0 Å². The van der Waals surface area contributed by atoms with E-state index in [1.807, 2.05) is 18.2 Å². The maximum absolute atomic E-state index is 8.81. The Balaban J connectivity index is 2.90. The third-order valence-electron chi connectivity index (χ3n) is 2.65. The molecule has 0 fully saturated rings. The second kappa shape index (κ2) is 7.07. The van der Waals surface area contributed by atoms with Crippen molar-refractivity contribution < 1.29 is 9.84 Å². The van der Waals surface area contributed by atoms with Gasteiger partial charge in [-0.3, -0.25) is 0 Å². The highest BCUT2D eigenvalue weighted by atomic mass is 16.5. The van der Waals surface area contributed by atoms with Crippen LogP contribution in [0.5, 0.6) is 5.75 Å². The zero-order valence-corrected chi connectivity index (χ0v) is 10.6. The Labute approximate surface area is 103 Å². The Morgan fingerprint density at radius 2 is 2.18 bits per heavy atom. The van der Waals surface area contributed by atoms with Gasteiger partial charge < -0.3 is 15.3 Å². The summed E-state index contributed by atoms with van der Waals surface area (Å²) in [6.07, 6.45) is 3.25. The van der Waals surface area contributed by atoms with Crippen LogP contribution < -0.4 is 4.74 Å². The minimum atomic E-state index is 0.0149. The number of hydrogen-bond donors (Lipinski definition) is 2. The molecule has 0 saturated carbocycles. The SMILES string of the molecule is CCCCc1ccc(C(C)=N)cc1OCCO. The standard InChI is InChI=1S/C14H21NO2/c1-3-4-5-12-6-7-13(11(2)15)10-14(12)17-9-8-16/h6-7,10,15-16H,3-5,8-9H2,1-2H3. The maximum atomic E-state index is 8.81. The molecule has 0 aliphatic carbocycles. The van der Waals surface area contributed by atoms with Crippen LogP contribution in [0.2, 0.25) is 0 Å². The molecule has 0 aromatic heterocycles. The minimum Gasteiger partial charge on any atom is -0.491 e. The number of hydrogen-bond acceptors (Lipinski definition) is 3. The summed E-state index contributed by atoms with van der Waals surface area (Å²) in [5.74, 6) is 0.802. The Hall–Kier alpha value is -1.35. The van der Waals surface area contributed by atoms with Crippen LogP contribution >= 0.6 is 0 Å². The van der Waals surface area contributed by atoms with Crippen LogP contribution in [-0.2, 0) is 6.42 Å². The molecule has 0 aliphatic heterocycles. The molecule has 17 heavy (non-hydrogen) atoms. The summed E-state index contributed by atoms with van der Waals surface area (Å²) in [5, 5.41) is 16.4. The first kappa shape index (κ1) is 13.7. The van der Waals surface area contributed by atoms with Crippen LogP contribution in [-0.4, -0.2) is 24.0 Å². The number of aryl methyl sites for hydroxylation is 1. The van der Waals surface area contributed by atoms with Gasteiger partial charge >= 0.3 is 0 Å². The fraction of sp³-hybridized carbons (Fsp3) is 0.500. The number of nitrogens with one attached hydrogen (secondary N) is 1. The van der Waals surface area contributed by atoms with Gasteiger partial charge in [-0.2, -0.15) is 0 Å². The average molecular weight is 235 g/mol. The van der Waals surface area contributed by atoms with Crippen LogP contribution in [0.1, 0.15) is 37.8 Å². The van der Waals surface area contributed by atoms with E-state index in [4.69, 9.17) is 15.3 Å². The van der Waals surface area contributed by atoms with E-state index in [-0.39, 0.29) is 6.61 Å². The van der Waals surface area contributed by atoms with E-state index in [0.717, 1.165) is 36.1 Å². The quantitative estimate of drug-likeness (QED) is 0.714. The summed E-state index contributed by atoms with van der Waals surface area (Å²) in [6, 6.07) is 5.87. The normalized spacial score (nSPS) is 10.3. The van der Waals surface area contributed by atoms with Gasteiger partial charge in [0.05, 0.1) is 6.61 Å². The lowest BCUT2D eigenvalue weighted by Gasteiger charge is -2.12. The van der Waals surface area contributed by atoms with Crippen molar-refractivity contribution in [2.45, 2.75) is 33.1 Å². The summed E-state index contributed by atoms with van der Waals surface area (Å²) in [7, 11) is 0. The van der Waals surface area contributed by atoms with Crippen LogP contribution in [0.4, 0.5) is 0 Å². The molecule has 0 saturated heterocycles. The lowest BCUT2D eigenvalue weighted by atomic mass is 10.0. The molecule has 1 aromatic rings. The fourth-order valence-electron chi connectivity index (χ4n) is 1.65. The molecule has 0 atom stereocenters. The van der Waals surface area contributed by atoms with Crippen molar-refractivity contribution in [3.05, 3.63) is 29.3 Å². The van der Waals surface area contributed by atoms with E-state index in [1.54, 1.807) is 6.92 Å². The van der Waals surface area contributed by atoms with Gasteiger partial charge in [-0.25, -0.2) is 0 Å². The molecule has 0 amide bonds. The van der Waals surface area contributed by atoms with Gasteiger partial charge in [0.25, 0.3) is 0 Å². The summed E-state index contributed by atoms with van der Waals surface area (Å²) in [5.41, 5.74) is 2.56.